The predicted molar refractivity (Wildman–Crippen MR) is 119 cm³/mol. The molecule has 0 spiro atoms. The van der Waals surface area contributed by atoms with Crippen LogP contribution in [0, 0.1) is 6.92 Å². The van der Waals surface area contributed by atoms with E-state index >= 15 is 0 Å². The fourth-order valence-electron chi connectivity index (χ4n) is 3.51. The van der Waals surface area contributed by atoms with Gasteiger partial charge in [0.25, 0.3) is 0 Å². The zero-order chi connectivity index (χ0) is 21.3. The Labute approximate surface area is 178 Å². The molecular formula is C23H31N5O2. The van der Waals surface area contributed by atoms with Crippen LogP contribution in [-0.2, 0) is 4.79 Å². The van der Waals surface area contributed by atoms with Crippen LogP contribution in [0.15, 0.2) is 54.6 Å². The molecule has 160 valence electrons. The summed E-state index contributed by atoms with van der Waals surface area (Å²) in [5.74, 6) is -0.211. The van der Waals surface area contributed by atoms with Crippen molar-refractivity contribution in [2.45, 2.75) is 13.0 Å². The molecule has 1 heterocycles. The summed E-state index contributed by atoms with van der Waals surface area (Å²) in [6, 6.07) is 17.0. The van der Waals surface area contributed by atoms with Crippen LogP contribution >= 0.6 is 0 Å². The first-order chi connectivity index (χ1) is 14.5. The maximum atomic E-state index is 12.6. The van der Waals surface area contributed by atoms with Gasteiger partial charge in [-0.05, 0) is 37.2 Å². The molecule has 3 rings (SSSR count). The van der Waals surface area contributed by atoms with Gasteiger partial charge in [-0.1, -0.05) is 42.5 Å². The number of nitrogens with zero attached hydrogens (tertiary/aromatic N) is 2. The van der Waals surface area contributed by atoms with Crippen LogP contribution in [0.1, 0.15) is 17.2 Å². The Bertz CT molecular complexity index is 834. The molecule has 1 atom stereocenters. The highest BCUT2D eigenvalue weighted by atomic mass is 16.2. The second kappa shape index (κ2) is 10.8. The standard InChI is InChI=1S/C23H31N5O2/c1-18-7-6-10-20(15-18)25-23(30)24-16-22(29)26-21(19-8-4-3-5-9-19)17-28-13-11-27(2)12-14-28/h3-10,15,21H,11-14,16-17H2,1-2H3,(H,26,29)(H2,24,25,30). The predicted octanol–water partition coefficient (Wildman–Crippen LogP) is 2.22. The second-order valence-electron chi connectivity index (χ2n) is 7.81. The lowest BCUT2D eigenvalue weighted by atomic mass is 10.1. The lowest BCUT2D eigenvalue weighted by molar-refractivity contribution is -0.121. The van der Waals surface area contributed by atoms with Crippen molar-refractivity contribution in [2.75, 3.05) is 51.6 Å². The van der Waals surface area contributed by atoms with Crippen molar-refractivity contribution >= 4 is 17.6 Å². The fraction of sp³-hybridized carbons (Fsp3) is 0.391. The summed E-state index contributed by atoms with van der Waals surface area (Å²) in [6.07, 6.45) is 0. The minimum absolute atomic E-state index is 0.0796. The van der Waals surface area contributed by atoms with Crippen LogP contribution in [0.4, 0.5) is 10.5 Å². The summed E-state index contributed by atoms with van der Waals surface area (Å²) in [4.78, 5) is 29.3. The van der Waals surface area contributed by atoms with Crippen molar-refractivity contribution in [3.05, 3.63) is 65.7 Å². The molecule has 7 heteroatoms. The van der Waals surface area contributed by atoms with Gasteiger partial charge in [0.05, 0.1) is 12.6 Å². The highest BCUT2D eigenvalue weighted by molar-refractivity contribution is 5.92. The van der Waals surface area contributed by atoms with Gasteiger partial charge >= 0.3 is 6.03 Å². The van der Waals surface area contributed by atoms with Crippen molar-refractivity contribution < 1.29 is 9.59 Å². The molecule has 0 aromatic heterocycles. The lowest BCUT2D eigenvalue weighted by Crippen LogP contribution is -2.48. The van der Waals surface area contributed by atoms with Gasteiger partial charge < -0.3 is 20.9 Å². The minimum atomic E-state index is -0.397. The summed E-state index contributed by atoms with van der Waals surface area (Å²) >= 11 is 0. The summed E-state index contributed by atoms with van der Waals surface area (Å²) in [7, 11) is 2.13. The van der Waals surface area contributed by atoms with Gasteiger partial charge in [-0.2, -0.15) is 0 Å². The normalized spacial score (nSPS) is 15.9. The smallest absolute Gasteiger partial charge is 0.319 e. The first-order valence-corrected chi connectivity index (χ1v) is 10.4. The molecule has 3 N–H and O–H groups in total. The number of carbonyl (C=O) groups excluding carboxylic acids is 2. The fourth-order valence-corrected chi connectivity index (χ4v) is 3.51. The van der Waals surface area contributed by atoms with E-state index in [2.05, 4.69) is 32.8 Å². The number of benzene rings is 2. The molecule has 0 saturated carbocycles. The maximum Gasteiger partial charge on any atom is 0.319 e. The molecule has 3 amide bonds. The van der Waals surface area contributed by atoms with Gasteiger partial charge in [0.2, 0.25) is 5.91 Å². The average molecular weight is 410 g/mol. The molecule has 7 nitrogen and oxygen atoms in total. The summed E-state index contributed by atoms with van der Waals surface area (Å²) in [6.45, 7) is 6.63. The van der Waals surface area contributed by atoms with E-state index in [1.807, 2.05) is 61.5 Å². The Kier molecular flexibility index (Phi) is 7.82. The number of rotatable bonds is 7. The van der Waals surface area contributed by atoms with Crippen LogP contribution in [0.25, 0.3) is 0 Å². The zero-order valence-electron chi connectivity index (χ0n) is 17.7. The SMILES string of the molecule is Cc1cccc(NC(=O)NCC(=O)NC(CN2CCN(C)CC2)c2ccccc2)c1. The van der Waals surface area contributed by atoms with Crippen molar-refractivity contribution in [1.29, 1.82) is 0 Å². The number of urea groups is 1. The molecule has 1 unspecified atom stereocenters. The van der Waals surface area contributed by atoms with Gasteiger partial charge in [-0.15, -0.1) is 0 Å². The van der Waals surface area contributed by atoms with Crippen molar-refractivity contribution in [3.8, 4) is 0 Å². The second-order valence-corrected chi connectivity index (χ2v) is 7.81. The molecule has 1 aliphatic heterocycles. The lowest BCUT2D eigenvalue weighted by Gasteiger charge is -2.35. The Morgan fingerprint density at radius 1 is 1.00 bits per heavy atom. The number of anilines is 1. The van der Waals surface area contributed by atoms with Crippen molar-refractivity contribution in [1.82, 2.24) is 20.4 Å². The van der Waals surface area contributed by atoms with E-state index in [4.69, 9.17) is 0 Å². The van der Waals surface area contributed by atoms with E-state index < -0.39 is 6.03 Å². The zero-order valence-corrected chi connectivity index (χ0v) is 17.7. The van der Waals surface area contributed by atoms with Gasteiger partial charge in [0, 0.05) is 38.4 Å². The average Bonchev–Trinajstić information content (AvgIpc) is 2.74. The molecule has 2 aromatic rings. The molecular weight excluding hydrogens is 378 g/mol. The minimum Gasteiger partial charge on any atom is -0.346 e. The van der Waals surface area contributed by atoms with Gasteiger partial charge in [-0.3, -0.25) is 9.69 Å². The molecule has 0 bridgehead atoms. The number of hydrogen-bond acceptors (Lipinski definition) is 4. The van der Waals surface area contributed by atoms with E-state index in [1.165, 1.54) is 0 Å². The molecule has 30 heavy (non-hydrogen) atoms. The van der Waals surface area contributed by atoms with Gasteiger partial charge in [0.15, 0.2) is 0 Å². The topological polar surface area (TPSA) is 76.7 Å². The molecule has 2 aromatic carbocycles. The third-order valence-electron chi connectivity index (χ3n) is 5.26. The molecule has 0 radical (unpaired) electrons. The van der Waals surface area contributed by atoms with Crippen LogP contribution < -0.4 is 16.0 Å². The largest absolute Gasteiger partial charge is 0.346 e. The highest BCUT2D eigenvalue weighted by Crippen LogP contribution is 2.15. The van der Waals surface area contributed by atoms with E-state index in [0.717, 1.165) is 43.9 Å². The molecule has 0 aliphatic carbocycles. The van der Waals surface area contributed by atoms with E-state index in [9.17, 15) is 9.59 Å². The number of hydrogen-bond donors (Lipinski definition) is 3. The maximum absolute atomic E-state index is 12.6. The van der Waals surface area contributed by atoms with E-state index in [1.54, 1.807) is 0 Å². The first kappa shape index (κ1) is 21.8. The third kappa shape index (κ3) is 6.86. The third-order valence-corrected chi connectivity index (χ3v) is 5.26. The van der Waals surface area contributed by atoms with Crippen LogP contribution in [-0.4, -0.2) is 68.1 Å². The molecule has 1 aliphatic rings. The number of amides is 3. The Balaban J connectivity index is 1.53. The Hall–Kier alpha value is -2.90. The van der Waals surface area contributed by atoms with E-state index in [0.29, 0.717) is 5.69 Å². The summed E-state index contributed by atoms with van der Waals surface area (Å²) < 4.78 is 0. The quantitative estimate of drug-likeness (QED) is 0.655. The van der Waals surface area contributed by atoms with Crippen LogP contribution in [0.2, 0.25) is 0 Å². The summed E-state index contributed by atoms with van der Waals surface area (Å²) in [5.41, 5.74) is 2.82. The molecule has 1 fully saturated rings. The number of piperazine rings is 1. The summed E-state index contributed by atoms with van der Waals surface area (Å²) in [5, 5.41) is 8.47. The molecule has 1 saturated heterocycles. The van der Waals surface area contributed by atoms with Crippen molar-refractivity contribution in [2.24, 2.45) is 0 Å². The first-order valence-electron chi connectivity index (χ1n) is 10.4. The van der Waals surface area contributed by atoms with Crippen LogP contribution in [0.3, 0.4) is 0 Å². The van der Waals surface area contributed by atoms with Gasteiger partial charge in [0.1, 0.15) is 0 Å². The highest BCUT2D eigenvalue weighted by Gasteiger charge is 2.21. The Morgan fingerprint density at radius 3 is 2.43 bits per heavy atom. The number of nitrogens with one attached hydrogen (secondary N) is 3. The Morgan fingerprint density at radius 2 is 1.73 bits per heavy atom. The monoisotopic (exact) mass is 409 g/mol. The number of aryl methyl sites for hydroxylation is 1. The van der Waals surface area contributed by atoms with Crippen LogP contribution in [0.5, 0.6) is 0 Å². The number of likely N-dealkylation sites (N-methyl/N-ethyl adjacent to an activating group) is 1. The number of carbonyl (C=O) groups is 2. The van der Waals surface area contributed by atoms with Crippen molar-refractivity contribution in [3.63, 3.8) is 0 Å². The van der Waals surface area contributed by atoms with Gasteiger partial charge in [-0.25, -0.2) is 4.79 Å². The van der Waals surface area contributed by atoms with E-state index in [-0.39, 0.29) is 18.5 Å².